The van der Waals surface area contributed by atoms with Gasteiger partial charge in [-0.25, -0.2) is 4.68 Å². The van der Waals surface area contributed by atoms with Crippen molar-refractivity contribution in [1.29, 1.82) is 0 Å². The third-order valence-corrected chi connectivity index (χ3v) is 3.64. The molecule has 2 heterocycles. The van der Waals surface area contributed by atoms with E-state index in [9.17, 15) is 5.11 Å². The van der Waals surface area contributed by atoms with Crippen LogP contribution in [0.1, 0.15) is 17.4 Å². The summed E-state index contributed by atoms with van der Waals surface area (Å²) >= 11 is 3.30. The predicted molar refractivity (Wildman–Crippen MR) is 74.5 cm³/mol. The molecule has 1 unspecified atom stereocenters. The van der Waals surface area contributed by atoms with Crippen LogP contribution in [0.2, 0.25) is 0 Å². The highest BCUT2D eigenvalue weighted by Crippen LogP contribution is 2.30. The first-order valence-electron chi connectivity index (χ1n) is 5.74. The second-order valence-corrected chi connectivity index (χ2v) is 4.99. The van der Waals surface area contributed by atoms with E-state index in [1.165, 1.54) is 0 Å². The van der Waals surface area contributed by atoms with Gasteiger partial charge >= 0.3 is 0 Å². The number of aromatic nitrogens is 4. The Morgan fingerprint density at radius 1 is 1.26 bits per heavy atom. The molecule has 0 saturated heterocycles. The van der Waals surface area contributed by atoms with Gasteiger partial charge in [0.2, 0.25) is 0 Å². The zero-order valence-electron chi connectivity index (χ0n) is 10.2. The summed E-state index contributed by atoms with van der Waals surface area (Å²) in [6, 6.07) is 7.82. The van der Waals surface area contributed by atoms with E-state index in [4.69, 9.17) is 0 Å². The molecule has 3 rings (SSSR count). The first-order chi connectivity index (χ1) is 9.18. The molecule has 0 bridgehead atoms. The van der Waals surface area contributed by atoms with Gasteiger partial charge in [0, 0.05) is 30.4 Å². The summed E-state index contributed by atoms with van der Waals surface area (Å²) in [5.74, 6) is 0. The van der Waals surface area contributed by atoms with E-state index in [1.54, 1.807) is 24.1 Å². The fourth-order valence-corrected chi connectivity index (χ4v) is 2.68. The molecule has 2 aromatic heterocycles. The van der Waals surface area contributed by atoms with Gasteiger partial charge in [-0.15, -0.1) is 5.10 Å². The van der Waals surface area contributed by atoms with Crippen LogP contribution in [-0.2, 0) is 7.05 Å². The van der Waals surface area contributed by atoms with Crippen LogP contribution in [-0.4, -0.2) is 25.1 Å². The second kappa shape index (κ2) is 4.71. The number of aliphatic hydroxyl groups is 1. The minimum Gasteiger partial charge on any atom is -0.382 e. The van der Waals surface area contributed by atoms with Crippen molar-refractivity contribution >= 4 is 26.7 Å². The largest absolute Gasteiger partial charge is 0.382 e. The third-order valence-electron chi connectivity index (χ3n) is 3.08. The van der Waals surface area contributed by atoms with Gasteiger partial charge in [0.1, 0.15) is 11.8 Å². The van der Waals surface area contributed by atoms with Gasteiger partial charge in [0.25, 0.3) is 0 Å². The minimum atomic E-state index is -0.826. The summed E-state index contributed by atoms with van der Waals surface area (Å²) in [5, 5.41) is 20.3. The molecule has 0 saturated carbocycles. The molecule has 0 spiro atoms. The van der Waals surface area contributed by atoms with E-state index in [-0.39, 0.29) is 0 Å². The van der Waals surface area contributed by atoms with Crippen LogP contribution in [0.5, 0.6) is 0 Å². The van der Waals surface area contributed by atoms with E-state index >= 15 is 0 Å². The Bertz CT molecular complexity index is 716. The molecule has 1 atom stereocenters. The topological polar surface area (TPSA) is 63.8 Å². The summed E-state index contributed by atoms with van der Waals surface area (Å²) in [5.41, 5.74) is 1.35. The molecule has 5 nitrogen and oxygen atoms in total. The maximum atomic E-state index is 10.6. The summed E-state index contributed by atoms with van der Waals surface area (Å²) in [7, 11) is 1.74. The fraction of sp³-hybridized carbons (Fsp3) is 0.154. The molecule has 0 radical (unpaired) electrons. The Balaban J connectivity index is 2.20. The highest BCUT2D eigenvalue weighted by atomic mass is 79.9. The Morgan fingerprint density at radius 3 is 2.79 bits per heavy atom. The number of rotatable bonds is 2. The predicted octanol–water partition coefficient (Wildman–Crippen LogP) is 2.21. The number of pyridine rings is 1. The molecule has 6 heteroatoms. The average Bonchev–Trinajstić information content (AvgIpc) is 2.77. The molecular weight excluding hydrogens is 308 g/mol. The van der Waals surface area contributed by atoms with Crippen molar-refractivity contribution in [2.45, 2.75) is 6.10 Å². The lowest BCUT2D eigenvalue weighted by molar-refractivity contribution is 0.210. The van der Waals surface area contributed by atoms with Crippen LogP contribution >= 0.6 is 15.9 Å². The van der Waals surface area contributed by atoms with Crippen molar-refractivity contribution in [2.24, 2.45) is 7.05 Å². The Morgan fingerprint density at radius 2 is 2.05 bits per heavy atom. The maximum absolute atomic E-state index is 10.6. The number of aliphatic hydroxyl groups excluding tert-OH is 1. The summed E-state index contributed by atoms with van der Waals surface area (Å²) in [6.07, 6.45) is 2.63. The quantitative estimate of drug-likeness (QED) is 0.786. The van der Waals surface area contributed by atoms with Crippen LogP contribution in [0.15, 0.2) is 41.3 Å². The van der Waals surface area contributed by atoms with Crippen molar-refractivity contribution in [3.8, 4) is 0 Å². The first-order valence-corrected chi connectivity index (χ1v) is 6.53. The first kappa shape index (κ1) is 12.3. The average molecular weight is 319 g/mol. The molecular formula is C13H11BrN4O. The van der Waals surface area contributed by atoms with Gasteiger partial charge in [-0.1, -0.05) is 29.5 Å². The molecule has 0 aliphatic carbocycles. The van der Waals surface area contributed by atoms with Crippen LogP contribution in [0.4, 0.5) is 0 Å². The molecule has 1 N–H and O–H groups in total. The van der Waals surface area contributed by atoms with Gasteiger partial charge in [0.05, 0.1) is 0 Å². The fourth-order valence-electron chi connectivity index (χ4n) is 2.13. The van der Waals surface area contributed by atoms with E-state index in [2.05, 4.69) is 31.2 Å². The lowest BCUT2D eigenvalue weighted by Crippen LogP contribution is -2.08. The number of nitrogens with zero attached hydrogens (tertiary/aromatic N) is 4. The summed E-state index contributed by atoms with van der Waals surface area (Å²) < 4.78 is 2.09. The van der Waals surface area contributed by atoms with Gasteiger partial charge < -0.3 is 5.11 Å². The molecule has 0 amide bonds. The monoisotopic (exact) mass is 318 g/mol. The molecule has 19 heavy (non-hydrogen) atoms. The van der Waals surface area contributed by atoms with Gasteiger partial charge in [-0.3, -0.25) is 4.98 Å². The molecule has 0 fully saturated rings. The highest BCUT2D eigenvalue weighted by molar-refractivity contribution is 9.10. The van der Waals surface area contributed by atoms with Crippen molar-refractivity contribution < 1.29 is 5.11 Å². The van der Waals surface area contributed by atoms with Crippen LogP contribution < -0.4 is 0 Å². The molecule has 3 aromatic rings. The molecule has 0 aliphatic heterocycles. The molecule has 1 aromatic carbocycles. The number of halogens is 1. The molecule has 96 valence electrons. The summed E-state index contributed by atoms with van der Waals surface area (Å²) in [4.78, 5) is 4.18. The SMILES string of the molecule is Cn1nnc(Br)c1C(O)c1cncc2ccccc12. The lowest BCUT2D eigenvalue weighted by Gasteiger charge is -2.13. The van der Waals surface area contributed by atoms with Gasteiger partial charge in [0.15, 0.2) is 4.60 Å². The third kappa shape index (κ3) is 2.02. The Kier molecular flexibility index (Phi) is 3.04. The lowest BCUT2D eigenvalue weighted by atomic mass is 10.0. The van der Waals surface area contributed by atoms with Crippen LogP contribution in [0, 0.1) is 0 Å². The van der Waals surface area contributed by atoms with Crippen molar-refractivity contribution in [3.05, 3.63) is 52.5 Å². The summed E-state index contributed by atoms with van der Waals surface area (Å²) in [6.45, 7) is 0. The maximum Gasteiger partial charge on any atom is 0.154 e. The van der Waals surface area contributed by atoms with Crippen molar-refractivity contribution in [2.75, 3.05) is 0 Å². The highest BCUT2D eigenvalue weighted by Gasteiger charge is 2.21. The number of fused-ring (bicyclic) bond motifs is 1. The zero-order valence-corrected chi connectivity index (χ0v) is 11.7. The number of benzene rings is 1. The van der Waals surface area contributed by atoms with E-state index in [0.717, 1.165) is 16.3 Å². The zero-order chi connectivity index (χ0) is 13.4. The van der Waals surface area contributed by atoms with E-state index in [0.29, 0.717) is 10.3 Å². The number of hydrogen-bond acceptors (Lipinski definition) is 4. The number of aryl methyl sites for hydroxylation is 1. The van der Waals surface area contributed by atoms with E-state index in [1.807, 2.05) is 24.3 Å². The van der Waals surface area contributed by atoms with Crippen LogP contribution in [0.3, 0.4) is 0 Å². The van der Waals surface area contributed by atoms with Crippen LogP contribution in [0.25, 0.3) is 10.8 Å². The minimum absolute atomic E-state index is 0.537. The second-order valence-electron chi connectivity index (χ2n) is 4.24. The Hall–Kier alpha value is -1.79. The standard InChI is InChI=1S/C13H11BrN4O/c1-18-11(13(14)16-17-18)12(19)10-7-15-6-8-4-2-3-5-9(8)10/h2-7,12,19H,1H3. The van der Waals surface area contributed by atoms with Crippen molar-refractivity contribution in [3.63, 3.8) is 0 Å². The van der Waals surface area contributed by atoms with Gasteiger partial charge in [-0.05, 0) is 21.3 Å². The Labute approximate surface area is 118 Å². The van der Waals surface area contributed by atoms with E-state index < -0.39 is 6.10 Å². The van der Waals surface area contributed by atoms with Crippen molar-refractivity contribution in [1.82, 2.24) is 20.0 Å². The van der Waals surface area contributed by atoms with Gasteiger partial charge in [-0.2, -0.15) is 0 Å². The normalized spacial score (nSPS) is 12.8. The number of hydrogen-bond donors (Lipinski definition) is 1. The molecule has 0 aliphatic rings. The smallest absolute Gasteiger partial charge is 0.154 e.